The summed E-state index contributed by atoms with van der Waals surface area (Å²) < 4.78 is 0. The summed E-state index contributed by atoms with van der Waals surface area (Å²) in [6, 6.07) is 19.1. The van der Waals surface area contributed by atoms with Crippen molar-refractivity contribution in [1.82, 2.24) is 15.2 Å². The lowest BCUT2D eigenvalue weighted by atomic mass is 9.90. The van der Waals surface area contributed by atoms with E-state index in [-0.39, 0.29) is 0 Å². The molecule has 1 aliphatic heterocycles. The van der Waals surface area contributed by atoms with Crippen molar-refractivity contribution in [1.29, 1.82) is 0 Å². The van der Waals surface area contributed by atoms with Crippen LogP contribution in [0.3, 0.4) is 0 Å². The van der Waals surface area contributed by atoms with Crippen LogP contribution in [-0.2, 0) is 13.0 Å². The number of anilines is 2. The van der Waals surface area contributed by atoms with Gasteiger partial charge in [-0.25, -0.2) is 0 Å². The number of rotatable bonds is 6. The highest BCUT2D eigenvalue weighted by atomic mass is 15.3. The van der Waals surface area contributed by atoms with E-state index in [1.54, 1.807) is 6.20 Å². The van der Waals surface area contributed by atoms with Crippen molar-refractivity contribution in [2.24, 2.45) is 5.92 Å². The summed E-state index contributed by atoms with van der Waals surface area (Å²) in [4.78, 5) is 7.02. The highest BCUT2D eigenvalue weighted by molar-refractivity contribution is 5.41. The smallest absolute Gasteiger partial charge is 0.244 e. The second kappa shape index (κ2) is 8.83. The molecule has 0 bridgehead atoms. The highest BCUT2D eigenvalue weighted by Gasteiger charge is 2.21. The maximum atomic E-state index is 4.69. The lowest BCUT2D eigenvalue weighted by Gasteiger charge is -2.32. The first-order chi connectivity index (χ1) is 13.8. The van der Waals surface area contributed by atoms with Crippen molar-refractivity contribution in [2.75, 3.05) is 23.3 Å². The van der Waals surface area contributed by atoms with Crippen LogP contribution in [0.4, 0.5) is 11.8 Å². The van der Waals surface area contributed by atoms with E-state index in [1.807, 2.05) is 0 Å². The minimum atomic E-state index is 0.590. The van der Waals surface area contributed by atoms with Crippen molar-refractivity contribution in [3.05, 3.63) is 77.5 Å². The quantitative estimate of drug-likeness (QED) is 0.700. The molecule has 0 radical (unpaired) electrons. The third-order valence-corrected chi connectivity index (χ3v) is 5.55. The van der Waals surface area contributed by atoms with Crippen molar-refractivity contribution in [2.45, 2.75) is 32.7 Å². The Balaban J connectivity index is 1.33. The van der Waals surface area contributed by atoms with Gasteiger partial charge in [0.15, 0.2) is 5.82 Å². The van der Waals surface area contributed by atoms with Gasteiger partial charge in [0.05, 0.1) is 6.20 Å². The molecule has 5 nitrogen and oxygen atoms in total. The molecule has 0 aliphatic carbocycles. The molecule has 1 aromatic heterocycles. The Morgan fingerprint density at radius 2 is 1.75 bits per heavy atom. The monoisotopic (exact) mass is 373 g/mol. The second-order valence-corrected chi connectivity index (χ2v) is 7.54. The van der Waals surface area contributed by atoms with E-state index in [4.69, 9.17) is 4.98 Å². The predicted octanol–water partition coefficient (Wildman–Crippen LogP) is 4.25. The standard InChI is InChI=1S/C23H27N5/c1-18-7-5-6-10-21(18)16-24-23-26-22(17-25-27-23)28-13-11-20(12-14-28)15-19-8-3-2-4-9-19/h2-10,17,20H,11-16H2,1H3,(H,24,26,27). The minimum Gasteiger partial charge on any atom is -0.355 e. The summed E-state index contributed by atoms with van der Waals surface area (Å²) >= 11 is 0. The number of nitrogens with one attached hydrogen (secondary N) is 1. The zero-order chi connectivity index (χ0) is 19.2. The Hall–Kier alpha value is -2.95. The first-order valence-corrected chi connectivity index (χ1v) is 10.0. The Bertz CT molecular complexity index is 888. The molecule has 2 aromatic carbocycles. The summed E-state index contributed by atoms with van der Waals surface area (Å²) in [5, 5.41) is 11.6. The van der Waals surface area contributed by atoms with Crippen molar-refractivity contribution in [3.8, 4) is 0 Å². The number of piperidine rings is 1. The van der Waals surface area contributed by atoms with Crippen molar-refractivity contribution >= 4 is 11.8 Å². The zero-order valence-corrected chi connectivity index (χ0v) is 16.4. The van der Waals surface area contributed by atoms with E-state index < -0.39 is 0 Å². The van der Waals surface area contributed by atoms with Crippen LogP contribution in [-0.4, -0.2) is 28.3 Å². The van der Waals surface area contributed by atoms with Crippen molar-refractivity contribution < 1.29 is 0 Å². The van der Waals surface area contributed by atoms with Crippen LogP contribution in [0.25, 0.3) is 0 Å². The van der Waals surface area contributed by atoms with E-state index in [2.05, 4.69) is 81.9 Å². The lowest BCUT2D eigenvalue weighted by molar-refractivity contribution is 0.402. The Labute approximate surface area is 166 Å². The first-order valence-electron chi connectivity index (χ1n) is 10.0. The summed E-state index contributed by atoms with van der Waals surface area (Å²) in [5.74, 6) is 2.25. The summed E-state index contributed by atoms with van der Waals surface area (Å²) in [6.45, 7) is 4.87. The first kappa shape index (κ1) is 18.4. The number of nitrogens with zero attached hydrogens (tertiary/aromatic N) is 4. The maximum absolute atomic E-state index is 4.69. The van der Waals surface area contributed by atoms with Gasteiger partial charge in [-0.2, -0.15) is 10.1 Å². The molecule has 5 heteroatoms. The average molecular weight is 374 g/mol. The molecule has 0 spiro atoms. The van der Waals surface area contributed by atoms with E-state index in [1.165, 1.54) is 36.0 Å². The number of aromatic nitrogens is 3. The fourth-order valence-corrected chi connectivity index (χ4v) is 3.82. The fraction of sp³-hybridized carbons (Fsp3) is 0.348. The molecule has 1 fully saturated rings. The average Bonchev–Trinajstić information content (AvgIpc) is 2.75. The SMILES string of the molecule is Cc1ccccc1CNc1nncc(N2CCC(Cc3ccccc3)CC2)n1. The maximum Gasteiger partial charge on any atom is 0.244 e. The molecule has 0 saturated carbocycles. The Kier molecular flexibility index (Phi) is 5.80. The van der Waals surface area contributed by atoms with Gasteiger partial charge in [-0.05, 0) is 48.8 Å². The minimum absolute atomic E-state index is 0.590. The van der Waals surface area contributed by atoms with Crippen molar-refractivity contribution in [3.63, 3.8) is 0 Å². The Morgan fingerprint density at radius 1 is 1.00 bits per heavy atom. The molecule has 2 heterocycles. The molecule has 0 unspecified atom stereocenters. The highest BCUT2D eigenvalue weighted by Crippen LogP contribution is 2.24. The molecule has 3 aromatic rings. The number of hydrogen-bond acceptors (Lipinski definition) is 5. The van der Waals surface area contributed by atoms with E-state index in [0.29, 0.717) is 12.5 Å². The van der Waals surface area contributed by atoms with Crippen LogP contribution in [0.2, 0.25) is 0 Å². The molecule has 4 rings (SSSR count). The molecule has 1 saturated heterocycles. The molecular formula is C23H27N5. The molecule has 0 atom stereocenters. The van der Waals surface area contributed by atoms with Crippen LogP contribution < -0.4 is 10.2 Å². The fourth-order valence-electron chi connectivity index (χ4n) is 3.82. The Morgan fingerprint density at radius 3 is 2.54 bits per heavy atom. The van der Waals surface area contributed by atoms with Gasteiger partial charge in [0.25, 0.3) is 0 Å². The van der Waals surface area contributed by atoms with Gasteiger partial charge in [-0.1, -0.05) is 54.6 Å². The van der Waals surface area contributed by atoms with E-state index >= 15 is 0 Å². The second-order valence-electron chi connectivity index (χ2n) is 7.54. The van der Waals surface area contributed by atoms with E-state index in [0.717, 1.165) is 24.8 Å². The van der Waals surface area contributed by atoms with Crippen LogP contribution in [0.5, 0.6) is 0 Å². The van der Waals surface area contributed by atoms with Gasteiger partial charge in [0.1, 0.15) is 0 Å². The van der Waals surface area contributed by atoms with Gasteiger partial charge >= 0.3 is 0 Å². The number of benzene rings is 2. The molecular weight excluding hydrogens is 346 g/mol. The van der Waals surface area contributed by atoms with Crippen LogP contribution >= 0.6 is 0 Å². The normalized spacial score (nSPS) is 14.8. The summed E-state index contributed by atoms with van der Waals surface area (Å²) in [5.41, 5.74) is 3.95. The van der Waals surface area contributed by atoms with Gasteiger partial charge in [0.2, 0.25) is 5.95 Å². The van der Waals surface area contributed by atoms with Crippen LogP contribution in [0.1, 0.15) is 29.5 Å². The molecule has 0 amide bonds. The van der Waals surface area contributed by atoms with Crippen LogP contribution in [0.15, 0.2) is 60.8 Å². The summed E-state index contributed by atoms with van der Waals surface area (Å²) in [6.07, 6.45) is 5.31. The number of aryl methyl sites for hydroxylation is 1. The number of hydrogen-bond donors (Lipinski definition) is 1. The largest absolute Gasteiger partial charge is 0.355 e. The van der Waals surface area contributed by atoms with Gasteiger partial charge in [-0.3, -0.25) is 0 Å². The van der Waals surface area contributed by atoms with E-state index in [9.17, 15) is 0 Å². The van der Waals surface area contributed by atoms with Crippen LogP contribution in [0, 0.1) is 12.8 Å². The van der Waals surface area contributed by atoms with Gasteiger partial charge in [-0.15, -0.1) is 5.10 Å². The molecule has 28 heavy (non-hydrogen) atoms. The predicted molar refractivity (Wildman–Crippen MR) is 113 cm³/mol. The van der Waals surface area contributed by atoms with Gasteiger partial charge < -0.3 is 10.2 Å². The third kappa shape index (κ3) is 4.66. The zero-order valence-electron chi connectivity index (χ0n) is 16.4. The molecule has 1 N–H and O–H groups in total. The topological polar surface area (TPSA) is 53.9 Å². The molecule has 1 aliphatic rings. The lowest BCUT2D eigenvalue weighted by Crippen LogP contribution is -2.35. The summed E-state index contributed by atoms with van der Waals surface area (Å²) in [7, 11) is 0. The molecule has 144 valence electrons. The van der Waals surface area contributed by atoms with Gasteiger partial charge in [0, 0.05) is 19.6 Å². The third-order valence-electron chi connectivity index (χ3n) is 5.55.